The van der Waals surface area contributed by atoms with E-state index in [4.69, 9.17) is 26.3 Å². The zero-order valence-corrected chi connectivity index (χ0v) is 20.1. The Morgan fingerprint density at radius 2 is 1.76 bits per heavy atom. The highest BCUT2D eigenvalue weighted by Gasteiger charge is 2.20. The minimum atomic E-state index is 0.279. The number of benzene rings is 3. The molecular weight excluding hydrogens is 462 g/mol. The molecule has 34 heavy (non-hydrogen) atoms. The summed E-state index contributed by atoms with van der Waals surface area (Å²) in [6, 6.07) is 22.3. The molecule has 2 aromatic heterocycles. The average molecular weight is 484 g/mol. The van der Waals surface area contributed by atoms with Crippen LogP contribution in [0.1, 0.15) is 34.7 Å². The number of thiophene rings is 1. The third-order valence-electron chi connectivity index (χ3n) is 6.18. The summed E-state index contributed by atoms with van der Waals surface area (Å²) in [4.78, 5) is 16.3. The van der Waals surface area contributed by atoms with Crippen LogP contribution in [0, 0.1) is 0 Å². The molecule has 0 bridgehead atoms. The number of halogens is 1. The maximum Gasteiger partial charge on any atom is 0.169 e. The van der Waals surface area contributed by atoms with Gasteiger partial charge in [-0.3, -0.25) is 4.99 Å². The number of rotatable bonds is 5. The summed E-state index contributed by atoms with van der Waals surface area (Å²) >= 11 is 8.30. The van der Waals surface area contributed by atoms with E-state index >= 15 is 0 Å². The van der Waals surface area contributed by atoms with Gasteiger partial charge in [-0.15, -0.1) is 11.3 Å². The van der Waals surface area contributed by atoms with E-state index in [1.807, 2.05) is 54.7 Å². The standard InChI is InChI=1S/C28H22ClN3OS/c29-27-26-22-9-3-4-11-24(22)34-28(26)32-25(31-27)17-33-20-14-12-18(13-15-20)16-30-23-10-5-7-19-6-1-2-8-21(19)23/h1-2,5-8,10,12-16H,3-4,9,11,17H2. The molecule has 2 heterocycles. The molecule has 0 fully saturated rings. The molecule has 1 aliphatic carbocycles. The summed E-state index contributed by atoms with van der Waals surface area (Å²) in [5.74, 6) is 1.37. The van der Waals surface area contributed by atoms with Crippen molar-refractivity contribution < 1.29 is 4.74 Å². The zero-order chi connectivity index (χ0) is 22.9. The lowest BCUT2D eigenvalue weighted by atomic mass is 9.97. The van der Waals surface area contributed by atoms with Crippen molar-refractivity contribution >= 4 is 55.8 Å². The van der Waals surface area contributed by atoms with Crippen LogP contribution in [0.2, 0.25) is 5.15 Å². The lowest BCUT2D eigenvalue weighted by Crippen LogP contribution is -2.03. The van der Waals surface area contributed by atoms with E-state index < -0.39 is 0 Å². The number of nitrogens with zero attached hydrogens (tertiary/aromatic N) is 3. The van der Waals surface area contributed by atoms with Crippen molar-refractivity contribution in [1.29, 1.82) is 0 Å². The molecule has 0 unspecified atom stereocenters. The Labute approximate surface area is 206 Å². The second-order valence-corrected chi connectivity index (χ2v) is 9.88. The zero-order valence-electron chi connectivity index (χ0n) is 18.5. The van der Waals surface area contributed by atoms with E-state index in [0.717, 1.165) is 45.4 Å². The number of fused-ring (bicyclic) bond motifs is 4. The second-order valence-electron chi connectivity index (χ2n) is 8.44. The number of hydrogen-bond acceptors (Lipinski definition) is 5. The van der Waals surface area contributed by atoms with Crippen LogP contribution in [0.5, 0.6) is 5.75 Å². The topological polar surface area (TPSA) is 47.4 Å². The minimum Gasteiger partial charge on any atom is -0.486 e. The van der Waals surface area contributed by atoms with E-state index in [1.54, 1.807) is 11.3 Å². The molecule has 0 amide bonds. The molecule has 0 radical (unpaired) electrons. The first-order valence-electron chi connectivity index (χ1n) is 11.5. The molecule has 0 N–H and O–H groups in total. The third kappa shape index (κ3) is 4.17. The highest BCUT2D eigenvalue weighted by atomic mass is 35.5. The number of aromatic nitrogens is 2. The summed E-state index contributed by atoms with van der Waals surface area (Å²) in [6.45, 7) is 0.279. The molecule has 1 aliphatic rings. The van der Waals surface area contributed by atoms with Gasteiger partial charge in [-0.2, -0.15) is 0 Å². The van der Waals surface area contributed by atoms with Crippen LogP contribution in [0.25, 0.3) is 21.0 Å². The molecule has 0 saturated heterocycles. The van der Waals surface area contributed by atoms with Crippen molar-refractivity contribution in [2.24, 2.45) is 4.99 Å². The minimum absolute atomic E-state index is 0.279. The number of aryl methyl sites for hydroxylation is 2. The van der Waals surface area contributed by atoms with E-state index in [2.05, 4.69) is 23.2 Å². The maximum atomic E-state index is 6.55. The van der Waals surface area contributed by atoms with Gasteiger partial charge in [0, 0.05) is 16.5 Å². The molecule has 3 aromatic carbocycles. The van der Waals surface area contributed by atoms with Gasteiger partial charge in [-0.1, -0.05) is 48.0 Å². The fourth-order valence-electron chi connectivity index (χ4n) is 4.48. The number of aliphatic imine (C=N–C) groups is 1. The van der Waals surface area contributed by atoms with Crippen molar-refractivity contribution in [3.8, 4) is 5.75 Å². The van der Waals surface area contributed by atoms with Gasteiger partial charge in [-0.05, 0) is 72.5 Å². The predicted octanol–water partition coefficient (Wildman–Crippen LogP) is 7.71. The summed E-state index contributed by atoms with van der Waals surface area (Å²) in [7, 11) is 0. The van der Waals surface area contributed by atoms with Crippen LogP contribution in [-0.4, -0.2) is 16.2 Å². The Hall–Kier alpha value is -3.28. The van der Waals surface area contributed by atoms with E-state index in [9.17, 15) is 0 Å². The average Bonchev–Trinajstić information content (AvgIpc) is 3.26. The molecule has 4 nitrogen and oxygen atoms in total. The number of hydrogen-bond donors (Lipinski definition) is 0. The van der Waals surface area contributed by atoms with Crippen LogP contribution >= 0.6 is 22.9 Å². The predicted molar refractivity (Wildman–Crippen MR) is 141 cm³/mol. The molecule has 5 aromatic rings. The fourth-order valence-corrected chi connectivity index (χ4v) is 6.12. The summed E-state index contributed by atoms with van der Waals surface area (Å²) in [6.07, 6.45) is 6.52. The lowest BCUT2D eigenvalue weighted by Gasteiger charge is -2.10. The first-order valence-corrected chi connectivity index (χ1v) is 12.7. The molecule has 0 atom stereocenters. The highest BCUT2D eigenvalue weighted by Crippen LogP contribution is 2.38. The number of ether oxygens (including phenoxy) is 1. The Morgan fingerprint density at radius 3 is 2.68 bits per heavy atom. The third-order valence-corrected chi connectivity index (χ3v) is 7.64. The SMILES string of the molecule is Clc1nc(COc2ccc(C=Nc3cccc4ccccc34)cc2)nc2sc3c(c12)CCCC3. The van der Waals surface area contributed by atoms with Gasteiger partial charge in [0.1, 0.15) is 22.3 Å². The van der Waals surface area contributed by atoms with Gasteiger partial charge in [-0.25, -0.2) is 9.97 Å². The summed E-state index contributed by atoms with van der Waals surface area (Å²) in [5.41, 5.74) is 3.31. The maximum absolute atomic E-state index is 6.55. The highest BCUT2D eigenvalue weighted by molar-refractivity contribution is 7.19. The normalized spacial score (nSPS) is 13.6. The van der Waals surface area contributed by atoms with Crippen molar-refractivity contribution in [1.82, 2.24) is 9.97 Å². The second kappa shape index (κ2) is 9.16. The van der Waals surface area contributed by atoms with Crippen molar-refractivity contribution in [2.75, 3.05) is 0 Å². The van der Waals surface area contributed by atoms with E-state index in [-0.39, 0.29) is 6.61 Å². The van der Waals surface area contributed by atoms with Crippen molar-refractivity contribution in [3.05, 3.63) is 93.7 Å². The largest absolute Gasteiger partial charge is 0.486 e. The summed E-state index contributed by atoms with van der Waals surface area (Å²) in [5, 5.41) is 3.91. The van der Waals surface area contributed by atoms with Crippen LogP contribution in [0.15, 0.2) is 71.7 Å². The molecular formula is C28H22ClN3OS. The van der Waals surface area contributed by atoms with Crippen LogP contribution in [0.3, 0.4) is 0 Å². The molecule has 0 saturated carbocycles. The molecule has 6 rings (SSSR count). The van der Waals surface area contributed by atoms with Gasteiger partial charge < -0.3 is 4.74 Å². The Morgan fingerprint density at radius 1 is 0.941 bits per heavy atom. The van der Waals surface area contributed by atoms with Gasteiger partial charge in [0.15, 0.2) is 5.82 Å². The molecule has 0 aliphatic heterocycles. The van der Waals surface area contributed by atoms with Crippen LogP contribution in [0.4, 0.5) is 5.69 Å². The van der Waals surface area contributed by atoms with Gasteiger partial charge in [0.25, 0.3) is 0 Å². The van der Waals surface area contributed by atoms with E-state index in [0.29, 0.717) is 11.0 Å². The van der Waals surface area contributed by atoms with Crippen LogP contribution < -0.4 is 4.74 Å². The lowest BCUT2D eigenvalue weighted by molar-refractivity contribution is 0.296. The van der Waals surface area contributed by atoms with E-state index in [1.165, 1.54) is 28.7 Å². The van der Waals surface area contributed by atoms with Crippen molar-refractivity contribution in [2.45, 2.75) is 32.3 Å². The first kappa shape index (κ1) is 21.3. The van der Waals surface area contributed by atoms with Gasteiger partial charge >= 0.3 is 0 Å². The first-order chi connectivity index (χ1) is 16.7. The Bertz CT molecular complexity index is 1520. The fraction of sp³-hybridized carbons (Fsp3) is 0.179. The molecule has 168 valence electrons. The van der Waals surface area contributed by atoms with Crippen LogP contribution in [-0.2, 0) is 19.4 Å². The van der Waals surface area contributed by atoms with Crippen molar-refractivity contribution in [3.63, 3.8) is 0 Å². The van der Waals surface area contributed by atoms with Gasteiger partial charge in [0.05, 0.1) is 11.1 Å². The molecule has 6 heteroatoms. The Kier molecular flexibility index (Phi) is 5.73. The van der Waals surface area contributed by atoms with Gasteiger partial charge in [0.2, 0.25) is 0 Å². The smallest absolute Gasteiger partial charge is 0.169 e. The summed E-state index contributed by atoms with van der Waals surface area (Å²) < 4.78 is 5.95. The monoisotopic (exact) mass is 483 g/mol. The Balaban J connectivity index is 1.16. The molecule has 0 spiro atoms. The quantitative estimate of drug-likeness (QED) is 0.190.